The second-order valence-corrected chi connectivity index (χ2v) is 5.31. The molecule has 0 bridgehead atoms. The van der Waals surface area contributed by atoms with Crippen LogP contribution < -0.4 is 0 Å². The molecule has 1 aliphatic carbocycles. The molecule has 0 aromatic heterocycles. The third-order valence-corrected chi connectivity index (χ3v) is 3.40. The second-order valence-electron chi connectivity index (χ2n) is 5.31. The fourth-order valence-electron chi connectivity index (χ4n) is 2.43. The lowest BCUT2D eigenvalue weighted by Crippen LogP contribution is -2.11. The Morgan fingerprint density at radius 1 is 1.24 bits per heavy atom. The summed E-state index contributed by atoms with van der Waals surface area (Å²) in [6, 6.07) is 4.24. The number of aliphatic hydroxyl groups is 1. The van der Waals surface area contributed by atoms with E-state index in [9.17, 15) is 5.11 Å². The number of hydrogen-bond acceptors (Lipinski definition) is 2. The molecule has 94 valence electrons. The van der Waals surface area contributed by atoms with E-state index in [0.29, 0.717) is 6.61 Å². The monoisotopic (exact) mass is 234 g/mol. The predicted molar refractivity (Wildman–Crippen MR) is 69.2 cm³/mol. The van der Waals surface area contributed by atoms with Gasteiger partial charge in [-0.2, -0.15) is 0 Å². The van der Waals surface area contributed by atoms with E-state index in [1.165, 1.54) is 18.4 Å². The van der Waals surface area contributed by atoms with E-state index in [-0.39, 0.29) is 0 Å². The van der Waals surface area contributed by atoms with Crippen molar-refractivity contribution in [1.29, 1.82) is 0 Å². The molecular weight excluding hydrogens is 212 g/mol. The van der Waals surface area contributed by atoms with Crippen molar-refractivity contribution in [3.8, 4) is 0 Å². The van der Waals surface area contributed by atoms with Crippen LogP contribution in [0.3, 0.4) is 0 Å². The number of aliphatic hydroxyl groups excluding tert-OH is 1. The maximum absolute atomic E-state index is 10.2. The third kappa shape index (κ3) is 3.30. The fourth-order valence-corrected chi connectivity index (χ4v) is 2.43. The van der Waals surface area contributed by atoms with Crippen LogP contribution in [0.4, 0.5) is 0 Å². The molecule has 1 saturated carbocycles. The topological polar surface area (TPSA) is 29.5 Å². The highest BCUT2D eigenvalue weighted by Crippen LogP contribution is 2.29. The van der Waals surface area contributed by atoms with E-state index in [1.54, 1.807) is 0 Å². The highest BCUT2D eigenvalue weighted by atomic mass is 16.5. The van der Waals surface area contributed by atoms with Crippen molar-refractivity contribution in [2.45, 2.75) is 39.7 Å². The zero-order chi connectivity index (χ0) is 12.4. The van der Waals surface area contributed by atoms with E-state index in [2.05, 4.69) is 32.9 Å². The Kier molecular flexibility index (Phi) is 3.85. The summed E-state index contributed by atoms with van der Waals surface area (Å²) in [6.45, 7) is 7.42. The van der Waals surface area contributed by atoms with Gasteiger partial charge in [0.2, 0.25) is 0 Å². The number of aryl methyl sites for hydroxylation is 3. The molecule has 1 fully saturated rings. The van der Waals surface area contributed by atoms with Crippen LogP contribution in [0.2, 0.25) is 0 Å². The molecule has 1 unspecified atom stereocenters. The Bertz CT molecular complexity index is 371. The van der Waals surface area contributed by atoms with Crippen molar-refractivity contribution < 1.29 is 9.84 Å². The van der Waals surface area contributed by atoms with E-state index in [4.69, 9.17) is 4.74 Å². The highest BCUT2D eigenvalue weighted by Gasteiger charge is 2.22. The average Bonchev–Trinajstić information content (AvgIpc) is 2.99. The predicted octanol–water partition coefficient (Wildman–Crippen LogP) is 3.07. The van der Waals surface area contributed by atoms with Crippen LogP contribution in [-0.2, 0) is 4.74 Å². The van der Waals surface area contributed by atoms with Gasteiger partial charge in [-0.3, -0.25) is 0 Å². The minimum Gasteiger partial charge on any atom is -0.386 e. The molecule has 1 aromatic rings. The van der Waals surface area contributed by atoms with Crippen molar-refractivity contribution in [2.75, 3.05) is 13.2 Å². The van der Waals surface area contributed by atoms with Crippen LogP contribution in [-0.4, -0.2) is 18.3 Å². The zero-order valence-corrected chi connectivity index (χ0v) is 11.0. The number of benzene rings is 1. The normalized spacial score (nSPS) is 17.2. The van der Waals surface area contributed by atoms with Crippen LogP contribution in [0.5, 0.6) is 0 Å². The van der Waals surface area contributed by atoms with Crippen LogP contribution in [0.25, 0.3) is 0 Å². The molecule has 0 spiro atoms. The molecule has 2 nitrogen and oxygen atoms in total. The van der Waals surface area contributed by atoms with Crippen LogP contribution in [0.15, 0.2) is 12.1 Å². The van der Waals surface area contributed by atoms with Gasteiger partial charge in [0.25, 0.3) is 0 Å². The minimum absolute atomic E-state index is 0.418. The SMILES string of the molecule is Cc1cc(C)c(C(O)COCC2CC2)c(C)c1. The Balaban J connectivity index is 1.99. The van der Waals surface area contributed by atoms with Crippen molar-refractivity contribution in [3.05, 3.63) is 34.4 Å². The largest absolute Gasteiger partial charge is 0.386 e. The summed E-state index contributed by atoms with van der Waals surface area (Å²) in [6.07, 6.45) is 2.09. The van der Waals surface area contributed by atoms with Crippen molar-refractivity contribution in [1.82, 2.24) is 0 Å². The third-order valence-electron chi connectivity index (χ3n) is 3.40. The van der Waals surface area contributed by atoms with Gasteiger partial charge in [-0.15, -0.1) is 0 Å². The van der Waals surface area contributed by atoms with E-state index >= 15 is 0 Å². The first-order valence-corrected chi connectivity index (χ1v) is 6.41. The van der Waals surface area contributed by atoms with Gasteiger partial charge in [-0.1, -0.05) is 17.7 Å². The fraction of sp³-hybridized carbons (Fsp3) is 0.600. The second kappa shape index (κ2) is 5.19. The molecule has 0 saturated heterocycles. The van der Waals surface area contributed by atoms with Gasteiger partial charge >= 0.3 is 0 Å². The summed E-state index contributed by atoms with van der Waals surface area (Å²) in [7, 11) is 0. The first-order valence-electron chi connectivity index (χ1n) is 6.41. The summed E-state index contributed by atoms with van der Waals surface area (Å²) in [5.74, 6) is 0.752. The lowest BCUT2D eigenvalue weighted by molar-refractivity contribution is 0.0309. The quantitative estimate of drug-likeness (QED) is 0.848. The smallest absolute Gasteiger partial charge is 0.103 e. The summed E-state index contributed by atoms with van der Waals surface area (Å²) >= 11 is 0. The molecule has 0 heterocycles. The van der Waals surface area contributed by atoms with E-state index < -0.39 is 6.10 Å². The number of ether oxygens (including phenoxy) is 1. The van der Waals surface area contributed by atoms with E-state index in [1.807, 2.05) is 0 Å². The van der Waals surface area contributed by atoms with Gasteiger partial charge in [0.05, 0.1) is 6.61 Å². The molecule has 0 amide bonds. The lowest BCUT2D eigenvalue weighted by Gasteiger charge is -2.17. The van der Waals surface area contributed by atoms with Crippen LogP contribution >= 0.6 is 0 Å². The molecule has 1 atom stereocenters. The summed E-state index contributed by atoms with van der Waals surface area (Å²) in [4.78, 5) is 0. The summed E-state index contributed by atoms with van der Waals surface area (Å²) in [5, 5.41) is 10.2. The first-order chi connectivity index (χ1) is 8.08. The molecule has 17 heavy (non-hydrogen) atoms. The highest BCUT2D eigenvalue weighted by molar-refractivity contribution is 5.38. The van der Waals surface area contributed by atoms with Crippen molar-refractivity contribution >= 4 is 0 Å². The average molecular weight is 234 g/mol. The molecule has 0 aliphatic heterocycles. The summed E-state index contributed by atoms with van der Waals surface area (Å²) in [5.41, 5.74) is 4.59. The van der Waals surface area contributed by atoms with Gasteiger partial charge < -0.3 is 9.84 Å². The van der Waals surface area contributed by atoms with Gasteiger partial charge in [-0.25, -0.2) is 0 Å². The van der Waals surface area contributed by atoms with Gasteiger partial charge in [-0.05, 0) is 56.2 Å². The number of rotatable bonds is 5. The van der Waals surface area contributed by atoms with Crippen molar-refractivity contribution in [2.24, 2.45) is 5.92 Å². The first kappa shape index (κ1) is 12.6. The van der Waals surface area contributed by atoms with Crippen LogP contribution in [0, 0.1) is 26.7 Å². The Hall–Kier alpha value is -0.860. The van der Waals surface area contributed by atoms with E-state index in [0.717, 1.165) is 29.2 Å². The zero-order valence-electron chi connectivity index (χ0n) is 11.0. The van der Waals surface area contributed by atoms with Crippen molar-refractivity contribution in [3.63, 3.8) is 0 Å². The molecular formula is C15H22O2. The molecule has 2 rings (SSSR count). The van der Waals surface area contributed by atoms with Crippen LogP contribution in [0.1, 0.15) is 41.2 Å². The lowest BCUT2D eigenvalue weighted by atomic mass is 9.96. The minimum atomic E-state index is -0.491. The molecule has 2 heteroatoms. The Morgan fingerprint density at radius 3 is 2.35 bits per heavy atom. The Labute approximate surface area is 104 Å². The summed E-state index contributed by atoms with van der Waals surface area (Å²) < 4.78 is 5.56. The van der Waals surface area contributed by atoms with Gasteiger partial charge in [0.1, 0.15) is 6.10 Å². The van der Waals surface area contributed by atoms with Gasteiger partial charge in [0.15, 0.2) is 0 Å². The number of hydrogen-bond donors (Lipinski definition) is 1. The maximum atomic E-state index is 10.2. The molecule has 1 aromatic carbocycles. The molecule has 1 N–H and O–H groups in total. The maximum Gasteiger partial charge on any atom is 0.103 e. The molecule has 0 radical (unpaired) electrons. The van der Waals surface area contributed by atoms with Gasteiger partial charge in [0, 0.05) is 6.61 Å². The Morgan fingerprint density at radius 2 is 1.82 bits per heavy atom. The standard InChI is InChI=1S/C15H22O2/c1-10-6-11(2)15(12(3)7-10)14(16)9-17-8-13-4-5-13/h6-7,13-14,16H,4-5,8-9H2,1-3H3. The molecule has 1 aliphatic rings.